The quantitative estimate of drug-likeness (QED) is 0.484. The number of alkyl halides is 2. The summed E-state index contributed by atoms with van der Waals surface area (Å²) in [5.74, 6) is 2.11. The average molecular weight is 393 g/mol. The van der Waals surface area contributed by atoms with Crippen molar-refractivity contribution in [3.05, 3.63) is 30.5 Å². The monoisotopic (exact) mass is 391 g/mol. The summed E-state index contributed by atoms with van der Waals surface area (Å²) in [5.41, 5.74) is 2.04. The van der Waals surface area contributed by atoms with Gasteiger partial charge in [-0.1, -0.05) is 0 Å². The number of anilines is 1. The number of hydrogen-bond donors (Lipinski definition) is 1. The molecule has 1 heterocycles. The molecule has 1 aromatic heterocycles. The van der Waals surface area contributed by atoms with E-state index in [1.807, 2.05) is 30.5 Å². The number of fused-ring (bicyclic) bond motifs is 1. The van der Waals surface area contributed by atoms with E-state index in [2.05, 4.69) is 15.2 Å². The number of pyridine rings is 1. The smallest absolute Gasteiger partial charge is 0.119 e. The van der Waals surface area contributed by atoms with Gasteiger partial charge in [-0.25, -0.2) is 0 Å². The Morgan fingerprint density at radius 3 is 2.54 bits per heavy atom. The van der Waals surface area contributed by atoms with Crippen LogP contribution in [-0.2, 0) is 0 Å². The molecule has 4 nitrogen and oxygen atoms in total. The third-order valence-electron chi connectivity index (χ3n) is 3.72. The number of nitrogens with one attached hydrogen (secondary N) is 1. The molecule has 2 aromatic rings. The normalized spacial score (nSPS) is 10.7. The van der Waals surface area contributed by atoms with Crippen molar-refractivity contribution in [3.63, 3.8) is 0 Å². The van der Waals surface area contributed by atoms with E-state index in [9.17, 15) is 0 Å². The van der Waals surface area contributed by atoms with Gasteiger partial charge in [0.15, 0.2) is 0 Å². The highest BCUT2D eigenvalue weighted by atomic mass is 35.5. The van der Waals surface area contributed by atoms with E-state index in [0.29, 0.717) is 11.8 Å². The molecule has 0 saturated heterocycles. The van der Waals surface area contributed by atoms with Crippen molar-refractivity contribution in [2.75, 3.05) is 50.4 Å². The summed E-state index contributed by atoms with van der Waals surface area (Å²) in [4.78, 5) is 6.68. The molecular weight excluding hydrogens is 369 g/mol. The van der Waals surface area contributed by atoms with Gasteiger partial charge in [0.25, 0.3) is 0 Å². The molecular formula is C17H24Cl3N3O. The summed E-state index contributed by atoms with van der Waals surface area (Å²) < 4.78 is 5.30. The van der Waals surface area contributed by atoms with Crippen LogP contribution < -0.4 is 10.1 Å². The summed E-state index contributed by atoms with van der Waals surface area (Å²) in [6, 6.07) is 7.91. The molecule has 0 bridgehead atoms. The second-order valence-electron chi connectivity index (χ2n) is 5.24. The standard InChI is InChI=1S/C17H23Cl2N3O.ClH/c1-23-14-3-4-16-15(13-14)17(5-9-21-16)20-8-2-10-22(11-6-18)12-7-19;/h3-5,9,13H,2,6-8,10-12H2,1H3,(H,20,21);1H. The van der Waals surface area contributed by atoms with Gasteiger partial charge in [0.2, 0.25) is 0 Å². The molecule has 0 unspecified atom stereocenters. The Bertz CT molecular complexity index is 607. The molecule has 0 atom stereocenters. The molecule has 7 heteroatoms. The van der Waals surface area contributed by atoms with Crippen molar-refractivity contribution in [3.8, 4) is 5.75 Å². The number of nitrogens with zero attached hydrogens (tertiary/aromatic N) is 2. The number of ether oxygens (including phenoxy) is 1. The van der Waals surface area contributed by atoms with Crippen molar-refractivity contribution in [1.29, 1.82) is 0 Å². The predicted molar refractivity (Wildman–Crippen MR) is 107 cm³/mol. The maximum Gasteiger partial charge on any atom is 0.119 e. The predicted octanol–water partition coefficient (Wildman–Crippen LogP) is 4.25. The van der Waals surface area contributed by atoms with Gasteiger partial charge >= 0.3 is 0 Å². The van der Waals surface area contributed by atoms with Gasteiger partial charge in [-0.2, -0.15) is 0 Å². The molecule has 1 N–H and O–H groups in total. The lowest BCUT2D eigenvalue weighted by atomic mass is 10.1. The van der Waals surface area contributed by atoms with Crippen LogP contribution in [0.25, 0.3) is 10.9 Å². The molecule has 2 rings (SSSR count). The summed E-state index contributed by atoms with van der Waals surface area (Å²) in [6.07, 6.45) is 2.85. The van der Waals surface area contributed by atoms with Crippen molar-refractivity contribution in [2.24, 2.45) is 0 Å². The summed E-state index contributed by atoms with van der Waals surface area (Å²) in [6.45, 7) is 3.63. The molecule has 0 aliphatic carbocycles. The molecule has 0 aliphatic rings. The van der Waals surface area contributed by atoms with Crippen molar-refractivity contribution < 1.29 is 4.74 Å². The Morgan fingerprint density at radius 1 is 1.12 bits per heavy atom. The van der Waals surface area contributed by atoms with E-state index in [1.54, 1.807) is 7.11 Å². The van der Waals surface area contributed by atoms with Crippen LogP contribution in [-0.4, -0.2) is 54.9 Å². The fraction of sp³-hybridized carbons (Fsp3) is 0.471. The zero-order chi connectivity index (χ0) is 16.5. The molecule has 0 amide bonds. The fourth-order valence-electron chi connectivity index (χ4n) is 2.51. The molecule has 134 valence electrons. The highest BCUT2D eigenvalue weighted by molar-refractivity contribution is 6.18. The maximum absolute atomic E-state index is 5.82. The Morgan fingerprint density at radius 2 is 1.88 bits per heavy atom. The average Bonchev–Trinajstić information content (AvgIpc) is 2.58. The third-order valence-corrected chi connectivity index (χ3v) is 4.05. The van der Waals surface area contributed by atoms with Gasteiger partial charge in [-0.15, -0.1) is 35.6 Å². The summed E-state index contributed by atoms with van der Waals surface area (Å²) in [5, 5.41) is 4.56. The Hall–Kier alpha value is -0.940. The SMILES string of the molecule is COc1ccc2nccc(NCCCN(CCCl)CCCl)c2c1.Cl. The molecule has 0 radical (unpaired) electrons. The van der Waals surface area contributed by atoms with E-state index in [0.717, 1.165) is 54.9 Å². The molecule has 0 aliphatic heterocycles. The zero-order valence-corrected chi connectivity index (χ0v) is 16.1. The van der Waals surface area contributed by atoms with Gasteiger partial charge < -0.3 is 15.0 Å². The first kappa shape index (κ1) is 21.1. The Kier molecular flexibility index (Phi) is 10.2. The maximum atomic E-state index is 5.82. The van der Waals surface area contributed by atoms with Crippen LogP contribution in [0.5, 0.6) is 5.75 Å². The molecule has 0 spiro atoms. The van der Waals surface area contributed by atoms with E-state index in [1.165, 1.54) is 0 Å². The number of rotatable bonds is 10. The lowest BCUT2D eigenvalue weighted by Crippen LogP contribution is -2.30. The topological polar surface area (TPSA) is 37.4 Å². The Labute approximate surface area is 159 Å². The Balaban J connectivity index is 0.00000288. The zero-order valence-electron chi connectivity index (χ0n) is 13.8. The second-order valence-corrected chi connectivity index (χ2v) is 6.00. The minimum Gasteiger partial charge on any atom is -0.497 e. The van der Waals surface area contributed by atoms with Crippen LogP contribution in [0, 0.1) is 0 Å². The lowest BCUT2D eigenvalue weighted by molar-refractivity contribution is 0.306. The van der Waals surface area contributed by atoms with E-state index < -0.39 is 0 Å². The van der Waals surface area contributed by atoms with Gasteiger partial charge in [0, 0.05) is 48.7 Å². The molecule has 0 saturated carbocycles. The number of halogens is 3. The molecule has 0 fully saturated rings. The van der Waals surface area contributed by atoms with Crippen LogP contribution in [0.15, 0.2) is 30.5 Å². The van der Waals surface area contributed by atoms with Crippen LogP contribution in [0.1, 0.15) is 6.42 Å². The van der Waals surface area contributed by atoms with Crippen molar-refractivity contribution in [2.45, 2.75) is 6.42 Å². The minimum absolute atomic E-state index is 0. The fourth-order valence-corrected chi connectivity index (χ4v) is 2.98. The third kappa shape index (κ3) is 6.17. The van der Waals surface area contributed by atoms with Gasteiger partial charge in [-0.3, -0.25) is 4.98 Å². The number of benzene rings is 1. The molecule has 24 heavy (non-hydrogen) atoms. The van der Waals surface area contributed by atoms with Crippen LogP contribution in [0.4, 0.5) is 5.69 Å². The molecule has 1 aromatic carbocycles. The van der Waals surface area contributed by atoms with E-state index in [-0.39, 0.29) is 12.4 Å². The highest BCUT2D eigenvalue weighted by Crippen LogP contribution is 2.25. The summed E-state index contributed by atoms with van der Waals surface area (Å²) in [7, 11) is 1.67. The first-order chi connectivity index (χ1) is 11.3. The first-order valence-electron chi connectivity index (χ1n) is 7.79. The van der Waals surface area contributed by atoms with Crippen molar-refractivity contribution >= 4 is 52.2 Å². The highest BCUT2D eigenvalue weighted by Gasteiger charge is 2.05. The lowest BCUT2D eigenvalue weighted by Gasteiger charge is -2.20. The number of hydrogen-bond acceptors (Lipinski definition) is 4. The number of aromatic nitrogens is 1. The second kappa shape index (κ2) is 11.6. The van der Waals surface area contributed by atoms with Crippen LogP contribution in [0.2, 0.25) is 0 Å². The van der Waals surface area contributed by atoms with E-state index >= 15 is 0 Å². The van der Waals surface area contributed by atoms with Gasteiger partial charge in [-0.05, 0) is 37.2 Å². The number of methoxy groups -OCH3 is 1. The van der Waals surface area contributed by atoms with Crippen molar-refractivity contribution in [1.82, 2.24) is 9.88 Å². The largest absolute Gasteiger partial charge is 0.497 e. The van der Waals surface area contributed by atoms with Crippen LogP contribution in [0.3, 0.4) is 0 Å². The van der Waals surface area contributed by atoms with Gasteiger partial charge in [0.05, 0.1) is 12.6 Å². The van der Waals surface area contributed by atoms with Crippen LogP contribution >= 0.6 is 35.6 Å². The first-order valence-corrected chi connectivity index (χ1v) is 8.86. The van der Waals surface area contributed by atoms with Gasteiger partial charge in [0.1, 0.15) is 5.75 Å². The summed E-state index contributed by atoms with van der Waals surface area (Å²) >= 11 is 11.6. The van der Waals surface area contributed by atoms with E-state index in [4.69, 9.17) is 27.9 Å². The minimum atomic E-state index is 0.